The molecule has 0 saturated carbocycles. The van der Waals surface area contributed by atoms with Gasteiger partial charge in [-0.2, -0.15) is 0 Å². The van der Waals surface area contributed by atoms with Crippen molar-refractivity contribution in [3.8, 4) is 0 Å². The number of nitrogens with one attached hydrogen (secondary N) is 2. The summed E-state index contributed by atoms with van der Waals surface area (Å²) in [7, 11) is 0. The van der Waals surface area contributed by atoms with Gasteiger partial charge in [0.2, 0.25) is 0 Å². The molecule has 7 nitrogen and oxygen atoms in total. The molecule has 1 aliphatic rings. The number of rotatable bonds is 5. The highest BCUT2D eigenvalue weighted by Gasteiger charge is 2.31. The molecule has 0 atom stereocenters. The summed E-state index contributed by atoms with van der Waals surface area (Å²) in [5.74, 6) is -2.20. The lowest BCUT2D eigenvalue weighted by molar-refractivity contribution is 0.0694. The first kappa shape index (κ1) is 19.6. The Balaban J connectivity index is 1.48. The highest BCUT2D eigenvalue weighted by molar-refractivity contribution is 7.17. The monoisotopic (exact) mass is 454 g/mol. The lowest BCUT2D eigenvalue weighted by atomic mass is 10.1. The first-order valence-electron chi connectivity index (χ1n) is 9.53. The Morgan fingerprint density at radius 1 is 0.903 bits per heavy atom. The van der Waals surface area contributed by atoms with Crippen molar-refractivity contribution in [1.82, 2.24) is 0 Å². The summed E-state index contributed by atoms with van der Waals surface area (Å²) in [5, 5.41) is 16.0. The van der Waals surface area contributed by atoms with Crippen LogP contribution in [-0.4, -0.2) is 22.9 Å². The van der Waals surface area contributed by atoms with Crippen LogP contribution < -0.4 is 10.6 Å². The zero-order chi connectivity index (χ0) is 21.7. The summed E-state index contributed by atoms with van der Waals surface area (Å²) in [6, 6.07) is 9.81. The van der Waals surface area contributed by atoms with E-state index >= 15 is 0 Å². The van der Waals surface area contributed by atoms with Crippen LogP contribution in [0.1, 0.15) is 47.9 Å². The molecule has 0 spiro atoms. The van der Waals surface area contributed by atoms with E-state index in [4.69, 9.17) is 16.0 Å². The Bertz CT molecular complexity index is 1340. The van der Waals surface area contributed by atoms with Gasteiger partial charge in [0.1, 0.15) is 27.3 Å². The maximum absolute atomic E-state index is 13.1. The van der Waals surface area contributed by atoms with Crippen molar-refractivity contribution in [3.05, 3.63) is 68.6 Å². The Kier molecular flexibility index (Phi) is 4.68. The van der Waals surface area contributed by atoms with E-state index in [1.807, 2.05) is 0 Å². The van der Waals surface area contributed by atoms with Gasteiger partial charge in [0.05, 0.1) is 5.56 Å². The minimum absolute atomic E-state index is 0.0392. The predicted octanol–water partition coefficient (Wildman–Crippen LogP) is 5.28. The Hall–Kier alpha value is -3.36. The van der Waals surface area contributed by atoms with Gasteiger partial charge in [-0.15, -0.1) is 11.3 Å². The number of carbonyl (C=O) groups excluding carboxylic acids is 2. The van der Waals surface area contributed by atoms with Crippen molar-refractivity contribution in [2.24, 2.45) is 0 Å². The molecule has 3 N–H and O–H groups in total. The number of furan rings is 2. The lowest BCUT2D eigenvalue weighted by Gasteiger charge is -2.10. The second-order valence-corrected chi connectivity index (χ2v) is 8.74. The highest BCUT2D eigenvalue weighted by Crippen LogP contribution is 2.40. The van der Waals surface area contributed by atoms with Crippen LogP contribution in [-0.2, 0) is 12.8 Å². The van der Waals surface area contributed by atoms with Crippen molar-refractivity contribution in [2.75, 3.05) is 10.6 Å². The summed E-state index contributed by atoms with van der Waals surface area (Å²) in [6.07, 6.45) is 2.52. The van der Waals surface area contributed by atoms with Gasteiger partial charge in [0.15, 0.2) is 0 Å². The number of aromatic carboxylic acids is 1. The number of carbonyl (C=O) groups is 3. The first-order valence-corrected chi connectivity index (χ1v) is 10.7. The maximum Gasteiger partial charge on any atom is 0.340 e. The quantitative estimate of drug-likeness (QED) is 0.380. The van der Waals surface area contributed by atoms with Gasteiger partial charge in [0, 0.05) is 15.6 Å². The average molecular weight is 455 g/mol. The third-order valence-corrected chi connectivity index (χ3v) is 6.73. The summed E-state index contributed by atoms with van der Waals surface area (Å²) in [4.78, 5) is 38.8. The van der Waals surface area contributed by atoms with Crippen molar-refractivity contribution in [1.29, 1.82) is 0 Å². The molecule has 1 aliphatic carbocycles. The predicted molar refractivity (Wildman–Crippen MR) is 118 cm³/mol. The molecule has 1 aromatic carbocycles. The second kappa shape index (κ2) is 7.40. The third-order valence-electron chi connectivity index (χ3n) is 5.27. The molecule has 0 aliphatic heterocycles. The molecule has 3 aromatic heterocycles. The van der Waals surface area contributed by atoms with Crippen LogP contribution in [0.15, 0.2) is 40.8 Å². The number of aryl methyl sites for hydroxylation is 1. The number of carboxylic acid groups (broad SMARTS) is 1. The molecule has 0 radical (unpaired) electrons. The van der Waals surface area contributed by atoms with E-state index < -0.39 is 11.9 Å². The molecule has 2 amide bonds. The van der Waals surface area contributed by atoms with E-state index in [2.05, 4.69) is 10.6 Å². The smallest absolute Gasteiger partial charge is 0.340 e. The van der Waals surface area contributed by atoms with E-state index in [1.165, 1.54) is 17.4 Å². The molecule has 4 aromatic rings. The van der Waals surface area contributed by atoms with E-state index in [9.17, 15) is 19.5 Å². The summed E-state index contributed by atoms with van der Waals surface area (Å²) >= 11 is 7.25. The third kappa shape index (κ3) is 3.34. The van der Waals surface area contributed by atoms with Crippen LogP contribution in [0.3, 0.4) is 0 Å². The van der Waals surface area contributed by atoms with Gasteiger partial charge >= 0.3 is 5.97 Å². The van der Waals surface area contributed by atoms with Gasteiger partial charge < -0.3 is 20.2 Å². The van der Waals surface area contributed by atoms with Gasteiger partial charge in [-0.05, 0) is 61.2 Å². The molecule has 0 saturated heterocycles. The van der Waals surface area contributed by atoms with Gasteiger partial charge in [-0.25, -0.2) is 4.79 Å². The SMILES string of the molecule is O=C(Nc1ccc(Cl)cc1)c1c(NC(=O)c2c(C(=O)O)c3ccc2o3)sc2c1CCC2. The van der Waals surface area contributed by atoms with Crippen molar-refractivity contribution in [3.63, 3.8) is 0 Å². The van der Waals surface area contributed by atoms with Crippen molar-refractivity contribution < 1.29 is 23.9 Å². The topological polar surface area (TPSA) is 109 Å². The summed E-state index contributed by atoms with van der Waals surface area (Å²) in [6.45, 7) is 0. The number of hydrogen-bond acceptors (Lipinski definition) is 5. The van der Waals surface area contributed by atoms with E-state index in [1.54, 1.807) is 30.3 Å². The van der Waals surface area contributed by atoms with E-state index in [-0.39, 0.29) is 28.2 Å². The molecule has 2 bridgehead atoms. The molecule has 0 unspecified atom stereocenters. The Morgan fingerprint density at radius 3 is 2.29 bits per heavy atom. The summed E-state index contributed by atoms with van der Waals surface area (Å²) in [5.41, 5.74) is 2.04. The molecular weight excluding hydrogens is 440 g/mol. The normalized spacial score (nSPS) is 12.8. The fourth-order valence-electron chi connectivity index (χ4n) is 3.92. The van der Waals surface area contributed by atoms with Crippen molar-refractivity contribution in [2.45, 2.75) is 19.3 Å². The van der Waals surface area contributed by atoms with Crippen LogP contribution in [0.5, 0.6) is 0 Å². The fourth-order valence-corrected chi connectivity index (χ4v) is 5.32. The average Bonchev–Trinajstić information content (AvgIpc) is 3.49. The molecule has 5 rings (SSSR count). The van der Waals surface area contributed by atoms with Crippen molar-refractivity contribution >= 4 is 62.6 Å². The van der Waals surface area contributed by atoms with Gasteiger partial charge in [-0.3, -0.25) is 9.59 Å². The summed E-state index contributed by atoms with van der Waals surface area (Å²) < 4.78 is 5.37. The number of fused-ring (bicyclic) bond motifs is 3. The minimum Gasteiger partial charge on any atom is -0.478 e. The largest absolute Gasteiger partial charge is 0.478 e. The zero-order valence-electron chi connectivity index (χ0n) is 16.0. The first-order chi connectivity index (χ1) is 14.9. The van der Waals surface area contributed by atoms with Gasteiger partial charge in [0.25, 0.3) is 11.8 Å². The van der Waals surface area contributed by atoms with Crippen LogP contribution in [0.25, 0.3) is 11.2 Å². The van der Waals surface area contributed by atoms with E-state index in [0.717, 1.165) is 29.7 Å². The molecule has 156 valence electrons. The molecular formula is C22H15ClN2O5S. The number of benzene rings is 2. The Labute approximate surface area is 185 Å². The number of carboxylic acids is 1. The molecule has 3 heterocycles. The zero-order valence-corrected chi connectivity index (χ0v) is 17.5. The highest BCUT2D eigenvalue weighted by atomic mass is 35.5. The lowest BCUT2D eigenvalue weighted by Crippen LogP contribution is -2.19. The van der Waals surface area contributed by atoms with E-state index in [0.29, 0.717) is 21.3 Å². The number of hydrogen-bond donors (Lipinski definition) is 3. The molecule has 31 heavy (non-hydrogen) atoms. The van der Waals surface area contributed by atoms with Crippen LogP contribution in [0.4, 0.5) is 10.7 Å². The second-order valence-electron chi connectivity index (χ2n) is 7.20. The Morgan fingerprint density at radius 2 is 1.58 bits per heavy atom. The fraction of sp³-hybridized carbons (Fsp3) is 0.136. The minimum atomic E-state index is -1.24. The number of thiophene rings is 1. The molecule has 0 fully saturated rings. The number of amides is 2. The van der Waals surface area contributed by atoms with Crippen LogP contribution in [0.2, 0.25) is 5.02 Å². The maximum atomic E-state index is 13.1. The standard InChI is InChI=1S/C22H15ClN2O5S/c23-10-4-6-11(7-5-10)24-19(26)16-12-2-1-3-15(12)31-21(16)25-20(27)17-13-8-9-14(30-13)18(17)22(28)29/h4-9H,1-3H2,(H,24,26)(H,25,27)(H,28,29). The van der Waals surface area contributed by atoms with Crippen LogP contribution >= 0.6 is 22.9 Å². The number of halogens is 1. The number of anilines is 2. The van der Waals surface area contributed by atoms with Gasteiger partial charge in [-0.1, -0.05) is 11.6 Å². The molecule has 9 heteroatoms. The van der Waals surface area contributed by atoms with Crippen LogP contribution in [0, 0.1) is 0 Å².